The summed E-state index contributed by atoms with van der Waals surface area (Å²) < 4.78 is 10.8. The highest BCUT2D eigenvalue weighted by atomic mass is 35.5. The third-order valence-corrected chi connectivity index (χ3v) is 7.11. The summed E-state index contributed by atoms with van der Waals surface area (Å²) >= 11 is 13.9. The lowest BCUT2D eigenvalue weighted by molar-refractivity contribution is 0.0942. The molecule has 6 N–H and O–H groups in total. The van der Waals surface area contributed by atoms with Crippen LogP contribution in [0.25, 0.3) is 33.6 Å². The molecule has 0 fully saturated rings. The van der Waals surface area contributed by atoms with Crippen LogP contribution >= 0.6 is 23.2 Å². The monoisotopic (exact) mass is 608 g/mol. The van der Waals surface area contributed by atoms with Gasteiger partial charge in [0.2, 0.25) is 11.8 Å². The van der Waals surface area contributed by atoms with E-state index < -0.39 is 0 Å². The first-order chi connectivity index (χ1) is 20.3. The van der Waals surface area contributed by atoms with Gasteiger partial charge in [-0.05, 0) is 24.3 Å². The van der Waals surface area contributed by atoms with E-state index in [1.807, 2.05) is 36.4 Å². The van der Waals surface area contributed by atoms with Crippen LogP contribution in [-0.4, -0.2) is 62.2 Å². The second-order valence-electron chi connectivity index (χ2n) is 8.93. The zero-order chi connectivity index (χ0) is 30.2. The van der Waals surface area contributed by atoms with Gasteiger partial charge in [-0.3, -0.25) is 9.59 Å². The maximum Gasteiger partial charge on any atom is 0.256 e. The number of ether oxygens (including phenoxy) is 2. The van der Waals surface area contributed by atoms with Crippen LogP contribution in [0.15, 0.2) is 60.7 Å². The summed E-state index contributed by atoms with van der Waals surface area (Å²) in [5, 5.41) is 6.24. The van der Waals surface area contributed by atoms with Crippen molar-refractivity contribution in [1.29, 1.82) is 0 Å². The molecular formula is C30H30Cl2N6O4. The van der Waals surface area contributed by atoms with Crippen LogP contribution in [0.3, 0.4) is 0 Å². The van der Waals surface area contributed by atoms with Crippen LogP contribution < -0.4 is 31.6 Å². The summed E-state index contributed by atoms with van der Waals surface area (Å²) in [5.74, 6) is -0.365. The van der Waals surface area contributed by atoms with Gasteiger partial charge >= 0.3 is 0 Å². The van der Waals surface area contributed by atoms with Crippen molar-refractivity contribution in [3.05, 3.63) is 81.8 Å². The molecule has 10 nitrogen and oxygen atoms in total. The number of benzene rings is 2. The van der Waals surface area contributed by atoms with E-state index in [0.29, 0.717) is 69.9 Å². The number of rotatable bonds is 11. The predicted octanol–water partition coefficient (Wildman–Crippen LogP) is 4.18. The normalized spacial score (nSPS) is 10.7. The van der Waals surface area contributed by atoms with Gasteiger partial charge in [0, 0.05) is 48.4 Å². The van der Waals surface area contributed by atoms with Crippen LogP contribution in [0.2, 0.25) is 10.0 Å². The first kappa shape index (κ1) is 30.7. The van der Waals surface area contributed by atoms with Crippen molar-refractivity contribution in [1.82, 2.24) is 20.6 Å². The van der Waals surface area contributed by atoms with Gasteiger partial charge in [-0.25, -0.2) is 9.97 Å². The molecule has 0 unspecified atom stereocenters. The van der Waals surface area contributed by atoms with Crippen LogP contribution in [-0.2, 0) is 0 Å². The highest BCUT2D eigenvalue weighted by Gasteiger charge is 2.20. The highest BCUT2D eigenvalue weighted by molar-refractivity contribution is 6.39. The Kier molecular flexibility index (Phi) is 10.3. The number of nitrogens with one attached hydrogen (secondary N) is 2. The van der Waals surface area contributed by atoms with Gasteiger partial charge < -0.3 is 31.6 Å². The number of aromatic nitrogens is 2. The fourth-order valence-electron chi connectivity index (χ4n) is 4.28. The largest absolute Gasteiger partial charge is 0.480 e. The van der Waals surface area contributed by atoms with Crippen molar-refractivity contribution in [3.63, 3.8) is 0 Å². The molecule has 4 rings (SSSR count). The third kappa shape index (κ3) is 6.47. The van der Waals surface area contributed by atoms with Gasteiger partial charge in [-0.15, -0.1) is 0 Å². The fraction of sp³-hybridized carbons (Fsp3) is 0.200. The molecule has 2 amide bonds. The number of hydrogen-bond acceptors (Lipinski definition) is 8. The molecular weight excluding hydrogens is 579 g/mol. The standard InChI is InChI=1S/C30H30Cl2N6O4/c1-41-29-21(27(39)35-15-13-33)9-11-23(37-29)19-7-3-5-17(25(19)31)18-6-4-8-20(26(18)32)24-12-10-22(30(38-24)42-2)28(40)36-16-14-34/h3-12H,13-16,33-34H2,1-2H3,(H,35,39)(H,36,40). The summed E-state index contributed by atoms with van der Waals surface area (Å²) in [6.45, 7) is 1.28. The fourth-order valence-corrected chi connectivity index (χ4v) is 4.92. The molecule has 0 atom stereocenters. The molecule has 0 aliphatic rings. The number of hydrogen-bond donors (Lipinski definition) is 4. The van der Waals surface area contributed by atoms with Gasteiger partial charge in [0.1, 0.15) is 11.1 Å². The minimum absolute atomic E-state index is 0.156. The van der Waals surface area contributed by atoms with Gasteiger partial charge in [0.25, 0.3) is 11.8 Å². The lowest BCUT2D eigenvalue weighted by Gasteiger charge is -2.15. The Hall–Kier alpha value is -4.22. The van der Waals surface area contributed by atoms with E-state index in [2.05, 4.69) is 20.6 Å². The summed E-state index contributed by atoms with van der Waals surface area (Å²) in [6, 6.07) is 17.7. The van der Waals surface area contributed by atoms with Gasteiger partial charge in [-0.2, -0.15) is 0 Å². The molecule has 12 heteroatoms. The lowest BCUT2D eigenvalue weighted by Crippen LogP contribution is -2.29. The Labute approximate surface area is 253 Å². The smallest absolute Gasteiger partial charge is 0.256 e. The summed E-state index contributed by atoms with van der Waals surface area (Å²) in [5.41, 5.74) is 15.1. The first-order valence-electron chi connectivity index (χ1n) is 13.0. The summed E-state index contributed by atoms with van der Waals surface area (Å²) in [6.07, 6.45) is 0. The Morgan fingerprint density at radius 1 is 0.667 bits per heavy atom. The quantitative estimate of drug-likeness (QED) is 0.198. The van der Waals surface area contributed by atoms with E-state index in [4.69, 9.17) is 44.1 Å². The Bertz CT molecular complexity index is 1500. The van der Waals surface area contributed by atoms with Crippen molar-refractivity contribution in [2.24, 2.45) is 11.5 Å². The van der Waals surface area contributed by atoms with Crippen LogP contribution in [0, 0.1) is 0 Å². The average Bonchev–Trinajstić information content (AvgIpc) is 3.02. The second kappa shape index (κ2) is 14.1. The van der Waals surface area contributed by atoms with Crippen molar-refractivity contribution < 1.29 is 19.1 Å². The number of halogens is 2. The SMILES string of the molecule is COc1nc(-c2cccc(-c3cccc(-c4ccc(C(=O)NCCN)c(OC)n4)c3Cl)c2Cl)ccc1C(=O)NCCN. The molecule has 0 saturated heterocycles. The van der Waals surface area contributed by atoms with Crippen molar-refractivity contribution in [2.45, 2.75) is 0 Å². The number of methoxy groups -OCH3 is 2. The Morgan fingerprint density at radius 2 is 1.05 bits per heavy atom. The van der Waals surface area contributed by atoms with Crippen molar-refractivity contribution in [2.75, 3.05) is 40.4 Å². The van der Waals surface area contributed by atoms with E-state index in [1.54, 1.807) is 24.3 Å². The molecule has 2 heterocycles. The molecule has 2 aromatic carbocycles. The number of pyridine rings is 2. The Morgan fingerprint density at radius 3 is 1.40 bits per heavy atom. The molecule has 0 radical (unpaired) electrons. The van der Waals surface area contributed by atoms with Crippen molar-refractivity contribution >= 4 is 35.0 Å². The van der Waals surface area contributed by atoms with Gasteiger partial charge in [-0.1, -0.05) is 59.6 Å². The van der Waals surface area contributed by atoms with Crippen LogP contribution in [0.5, 0.6) is 11.8 Å². The predicted molar refractivity (Wildman–Crippen MR) is 164 cm³/mol. The zero-order valence-electron chi connectivity index (χ0n) is 23.0. The maximum atomic E-state index is 12.5. The number of amides is 2. The molecule has 218 valence electrons. The lowest BCUT2D eigenvalue weighted by atomic mass is 9.98. The summed E-state index contributed by atoms with van der Waals surface area (Å²) in [4.78, 5) is 34.1. The van der Waals surface area contributed by atoms with Crippen LogP contribution in [0.1, 0.15) is 20.7 Å². The number of carbonyl (C=O) groups is 2. The molecule has 0 bridgehead atoms. The van der Waals surface area contributed by atoms with Crippen LogP contribution in [0.4, 0.5) is 0 Å². The number of nitrogens with two attached hydrogens (primary N) is 2. The van der Waals surface area contributed by atoms with Gasteiger partial charge in [0.05, 0.1) is 35.7 Å². The second-order valence-corrected chi connectivity index (χ2v) is 9.69. The van der Waals surface area contributed by atoms with E-state index >= 15 is 0 Å². The molecule has 0 aliphatic heterocycles. The topological polar surface area (TPSA) is 154 Å². The molecule has 0 aliphatic carbocycles. The molecule has 0 saturated carbocycles. The molecule has 4 aromatic rings. The van der Waals surface area contributed by atoms with E-state index in [1.165, 1.54) is 14.2 Å². The molecule has 2 aromatic heterocycles. The number of carbonyl (C=O) groups excluding carboxylic acids is 2. The first-order valence-corrected chi connectivity index (χ1v) is 13.7. The van der Waals surface area contributed by atoms with Crippen molar-refractivity contribution in [3.8, 4) is 45.4 Å². The Balaban J connectivity index is 1.73. The highest BCUT2D eigenvalue weighted by Crippen LogP contribution is 2.42. The van der Waals surface area contributed by atoms with E-state index in [0.717, 1.165) is 0 Å². The minimum atomic E-state index is -0.339. The minimum Gasteiger partial charge on any atom is -0.480 e. The molecule has 0 spiro atoms. The maximum absolute atomic E-state index is 12.5. The van der Waals surface area contributed by atoms with Gasteiger partial charge in [0.15, 0.2) is 0 Å². The number of nitrogens with zero attached hydrogens (tertiary/aromatic N) is 2. The summed E-state index contributed by atoms with van der Waals surface area (Å²) in [7, 11) is 2.88. The molecule has 42 heavy (non-hydrogen) atoms. The third-order valence-electron chi connectivity index (χ3n) is 6.30. The zero-order valence-corrected chi connectivity index (χ0v) is 24.6. The average molecular weight is 610 g/mol. The van der Waals surface area contributed by atoms with E-state index in [9.17, 15) is 9.59 Å². The van der Waals surface area contributed by atoms with E-state index in [-0.39, 0.29) is 34.7 Å².